The van der Waals surface area contributed by atoms with E-state index < -0.39 is 0 Å². The molecule has 3 heteroatoms. The number of ether oxygens (including phenoxy) is 1. The van der Waals surface area contributed by atoms with Crippen LogP contribution in [0.2, 0.25) is 0 Å². The van der Waals surface area contributed by atoms with Crippen molar-refractivity contribution in [2.45, 2.75) is 38.6 Å². The highest BCUT2D eigenvalue weighted by molar-refractivity contribution is 5.33. The van der Waals surface area contributed by atoms with Gasteiger partial charge in [0.05, 0.1) is 0 Å². The van der Waals surface area contributed by atoms with Gasteiger partial charge < -0.3 is 10.1 Å². The Bertz CT molecular complexity index is 488. The van der Waals surface area contributed by atoms with Crippen LogP contribution >= 0.6 is 0 Å². The highest BCUT2D eigenvalue weighted by atomic mass is 16.5. The fraction of sp³-hybridized carbons (Fsp3) is 0.471. The van der Waals surface area contributed by atoms with Gasteiger partial charge in [0.2, 0.25) is 0 Å². The molecule has 1 aromatic carbocycles. The zero-order chi connectivity index (χ0) is 14.0. The molecule has 0 aromatic heterocycles. The Morgan fingerprint density at radius 3 is 2.95 bits per heavy atom. The first-order chi connectivity index (χ1) is 9.90. The van der Waals surface area contributed by atoms with Crippen LogP contribution < -0.4 is 10.1 Å². The Balaban J connectivity index is 1.76. The summed E-state index contributed by atoms with van der Waals surface area (Å²) in [6.07, 6.45) is 8.75. The number of allylic oxidation sites excluding steroid dienone is 1. The SMILES string of the molecule is N#CCOc1ccccc1CNCCC1=CCCCC1. The minimum atomic E-state index is 0.101. The molecule has 0 fully saturated rings. The number of rotatable bonds is 7. The third-order valence-electron chi connectivity index (χ3n) is 3.59. The molecule has 0 saturated heterocycles. The molecule has 0 bridgehead atoms. The maximum atomic E-state index is 8.58. The Hall–Kier alpha value is -1.79. The standard InChI is InChI=1S/C17H22N2O/c18-11-13-20-17-9-5-4-8-16(17)14-19-12-10-15-6-2-1-3-7-15/h4-6,8-9,19H,1-3,7,10,12-14H2. The zero-order valence-electron chi connectivity index (χ0n) is 11.9. The highest BCUT2D eigenvalue weighted by Gasteiger charge is 2.04. The van der Waals surface area contributed by atoms with Crippen molar-refractivity contribution in [1.29, 1.82) is 5.26 Å². The van der Waals surface area contributed by atoms with Crippen LogP contribution in [0.15, 0.2) is 35.9 Å². The van der Waals surface area contributed by atoms with Gasteiger partial charge in [-0.15, -0.1) is 0 Å². The molecule has 1 aromatic rings. The summed E-state index contributed by atoms with van der Waals surface area (Å²) in [5.74, 6) is 0.804. The van der Waals surface area contributed by atoms with Gasteiger partial charge in [-0.2, -0.15) is 5.26 Å². The average Bonchev–Trinajstić information content (AvgIpc) is 2.51. The highest BCUT2D eigenvalue weighted by Crippen LogP contribution is 2.20. The van der Waals surface area contributed by atoms with Crippen LogP contribution in [0.25, 0.3) is 0 Å². The first-order valence-electron chi connectivity index (χ1n) is 7.36. The Morgan fingerprint density at radius 1 is 1.25 bits per heavy atom. The number of benzene rings is 1. The fourth-order valence-corrected chi connectivity index (χ4v) is 2.50. The minimum Gasteiger partial charge on any atom is -0.478 e. The molecular formula is C17H22N2O. The third kappa shape index (κ3) is 4.71. The van der Waals surface area contributed by atoms with Gasteiger partial charge in [-0.05, 0) is 44.7 Å². The van der Waals surface area contributed by atoms with Gasteiger partial charge in [0.25, 0.3) is 0 Å². The first kappa shape index (κ1) is 14.6. The minimum absolute atomic E-state index is 0.101. The lowest BCUT2D eigenvalue weighted by Gasteiger charge is -2.14. The fourth-order valence-electron chi connectivity index (χ4n) is 2.50. The van der Waals surface area contributed by atoms with Crippen LogP contribution in [0.5, 0.6) is 5.75 Å². The molecule has 0 unspecified atom stereocenters. The number of para-hydroxylation sites is 1. The lowest BCUT2D eigenvalue weighted by molar-refractivity contribution is 0.362. The van der Waals surface area contributed by atoms with Gasteiger partial charge in [0, 0.05) is 12.1 Å². The van der Waals surface area contributed by atoms with Crippen molar-refractivity contribution in [3.63, 3.8) is 0 Å². The number of hydrogen-bond donors (Lipinski definition) is 1. The molecule has 106 valence electrons. The van der Waals surface area contributed by atoms with Crippen molar-refractivity contribution in [2.24, 2.45) is 0 Å². The van der Waals surface area contributed by atoms with Gasteiger partial charge in [0.15, 0.2) is 6.61 Å². The van der Waals surface area contributed by atoms with Crippen molar-refractivity contribution < 1.29 is 4.74 Å². The van der Waals surface area contributed by atoms with Crippen molar-refractivity contribution in [3.05, 3.63) is 41.5 Å². The number of nitriles is 1. The maximum absolute atomic E-state index is 8.58. The van der Waals surface area contributed by atoms with Crippen molar-refractivity contribution in [1.82, 2.24) is 5.32 Å². The summed E-state index contributed by atoms with van der Waals surface area (Å²) >= 11 is 0. The Morgan fingerprint density at radius 2 is 2.15 bits per heavy atom. The van der Waals surface area contributed by atoms with Crippen LogP contribution in [0.4, 0.5) is 0 Å². The number of hydrogen-bond acceptors (Lipinski definition) is 3. The molecule has 1 aliphatic carbocycles. The second-order valence-corrected chi connectivity index (χ2v) is 5.09. The number of nitrogens with zero attached hydrogens (tertiary/aromatic N) is 1. The molecule has 0 saturated carbocycles. The molecule has 20 heavy (non-hydrogen) atoms. The van der Waals surface area contributed by atoms with E-state index in [-0.39, 0.29) is 6.61 Å². The van der Waals surface area contributed by atoms with Gasteiger partial charge in [-0.25, -0.2) is 0 Å². The van der Waals surface area contributed by atoms with Gasteiger partial charge in [-0.1, -0.05) is 29.8 Å². The molecule has 0 spiro atoms. The van der Waals surface area contributed by atoms with E-state index in [1.54, 1.807) is 5.57 Å². The molecule has 2 rings (SSSR count). The second kappa shape index (κ2) is 8.39. The summed E-state index contributed by atoms with van der Waals surface area (Å²) in [5, 5.41) is 12.0. The molecule has 0 radical (unpaired) electrons. The van der Waals surface area contributed by atoms with Crippen molar-refractivity contribution >= 4 is 0 Å². The van der Waals surface area contributed by atoms with Crippen molar-refractivity contribution in [3.8, 4) is 11.8 Å². The topological polar surface area (TPSA) is 45.0 Å². The summed E-state index contributed by atoms with van der Waals surface area (Å²) < 4.78 is 5.42. The van der Waals surface area contributed by atoms with Crippen LogP contribution in [-0.4, -0.2) is 13.2 Å². The molecule has 0 amide bonds. The van der Waals surface area contributed by atoms with E-state index in [9.17, 15) is 0 Å². The Labute approximate surface area is 121 Å². The second-order valence-electron chi connectivity index (χ2n) is 5.09. The molecule has 1 N–H and O–H groups in total. The van der Waals surface area contributed by atoms with Crippen LogP contribution in [0.1, 0.15) is 37.7 Å². The van der Waals surface area contributed by atoms with E-state index in [4.69, 9.17) is 10.00 Å². The van der Waals surface area contributed by atoms with E-state index in [0.29, 0.717) is 0 Å². The van der Waals surface area contributed by atoms with Crippen LogP contribution in [0.3, 0.4) is 0 Å². The van der Waals surface area contributed by atoms with Gasteiger partial charge >= 0.3 is 0 Å². The maximum Gasteiger partial charge on any atom is 0.174 e. The van der Waals surface area contributed by atoms with Crippen LogP contribution in [0, 0.1) is 11.3 Å². The van der Waals surface area contributed by atoms with Gasteiger partial charge in [0.1, 0.15) is 11.8 Å². The normalized spacial score (nSPS) is 14.4. The number of nitrogens with one attached hydrogen (secondary N) is 1. The predicted octanol–water partition coefficient (Wildman–Crippen LogP) is 3.57. The largest absolute Gasteiger partial charge is 0.478 e. The van der Waals surface area contributed by atoms with Gasteiger partial charge in [-0.3, -0.25) is 0 Å². The van der Waals surface area contributed by atoms with E-state index in [1.165, 1.54) is 25.7 Å². The van der Waals surface area contributed by atoms with Crippen molar-refractivity contribution in [2.75, 3.05) is 13.2 Å². The smallest absolute Gasteiger partial charge is 0.174 e. The molecule has 0 atom stereocenters. The zero-order valence-corrected chi connectivity index (χ0v) is 11.9. The summed E-state index contributed by atoms with van der Waals surface area (Å²) in [4.78, 5) is 0. The summed E-state index contributed by atoms with van der Waals surface area (Å²) in [6.45, 7) is 1.89. The summed E-state index contributed by atoms with van der Waals surface area (Å²) in [7, 11) is 0. The average molecular weight is 270 g/mol. The monoisotopic (exact) mass is 270 g/mol. The van der Waals surface area contributed by atoms with E-state index in [0.717, 1.165) is 30.8 Å². The lowest BCUT2D eigenvalue weighted by atomic mass is 9.97. The predicted molar refractivity (Wildman–Crippen MR) is 80.4 cm³/mol. The molecule has 0 aliphatic heterocycles. The Kier molecular flexibility index (Phi) is 6.13. The first-order valence-corrected chi connectivity index (χ1v) is 7.36. The summed E-state index contributed by atoms with van der Waals surface area (Å²) in [5.41, 5.74) is 2.71. The van der Waals surface area contributed by atoms with Crippen LogP contribution in [-0.2, 0) is 6.54 Å². The lowest BCUT2D eigenvalue weighted by Crippen LogP contribution is -2.16. The molecule has 0 heterocycles. The third-order valence-corrected chi connectivity index (χ3v) is 3.59. The van der Waals surface area contributed by atoms with E-state index >= 15 is 0 Å². The summed E-state index contributed by atoms with van der Waals surface area (Å²) in [6, 6.07) is 9.89. The van der Waals surface area contributed by atoms with E-state index in [1.807, 2.05) is 30.3 Å². The molecular weight excluding hydrogens is 248 g/mol. The quantitative estimate of drug-likeness (QED) is 0.608. The molecule has 1 aliphatic rings. The molecule has 3 nitrogen and oxygen atoms in total. The van der Waals surface area contributed by atoms with E-state index in [2.05, 4.69) is 11.4 Å².